The quantitative estimate of drug-likeness (QED) is 0.287. The molecule has 0 aliphatic carbocycles. The Balaban J connectivity index is 2.02. The van der Waals surface area contributed by atoms with Crippen LogP contribution in [0.5, 0.6) is 17.2 Å². The number of hydrogen-bond acceptors (Lipinski definition) is 7. The lowest BCUT2D eigenvalue weighted by atomic mass is 10.1. The minimum Gasteiger partial charge on any atom is -0.493 e. The summed E-state index contributed by atoms with van der Waals surface area (Å²) in [7, 11) is 2.95. The summed E-state index contributed by atoms with van der Waals surface area (Å²) in [5, 5.41) is 11.5. The Hall–Kier alpha value is -3.46. The fraction of sp³-hybridized carbons (Fsp3) is 0.200. The first-order chi connectivity index (χ1) is 13.9. The summed E-state index contributed by atoms with van der Waals surface area (Å²) in [4.78, 5) is 11.4. The molecule has 9 heteroatoms. The zero-order valence-electron chi connectivity index (χ0n) is 16.4. The van der Waals surface area contributed by atoms with Crippen LogP contribution in [-0.2, 0) is 4.79 Å². The number of aromatic nitrogens is 3. The van der Waals surface area contributed by atoms with Gasteiger partial charge in [-0.05, 0) is 37.3 Å². The third-order valence-electron chi connectivity index (χ3n) is 3.98. The summed E-state index contributed by atoms with van der Waals surface area (Å²) in [5.41, 5.74) is 2.64. The number of nitrogens with zero attached hydrogens (tertiary/aromatic N) is 3. The number of rotatable bonds is 6. The van der Waals surface area contributed by atoms with E-state index in [1.165, 1.54) is 25.8 Å². The Morgan fingerprint density at radius 3 is 2.48 bits per heavy atom. The highest BCUT2D eigenvalue weighted by Crippen LogP contribution is 2.38. The number of benzene rings is 2. The van der Waals surface area contributed by atoms with E-state index in [-0.39, 0.29) is 5.75 Å². The average molecular weight is 412 g/mol. The van der Waals surface area contributed by atoms with E-state index in [2.05, 4.69) is 15.3 Å². The number of hydrogen-bond donors (Lipinski definition) is 1. The number of H-pyrrole nitrogens is 1. The predicted octanol–water partition coefficient (Wildman–Crippen LogP) is 3.74. The molecule has 0 aliphatic heterocycles. The average Bonchev–Trinajstić information content (AvgIpc) is 3.07. The van der Waals surface area contributed by atoms with Crippen molar-refractivity contribution in [1.29, 1.82) is 0 Å². The van der Waals surface area contributed by atoms with Gasteiger partial charge in [-0.25, -0.2) is 5.10 Å². The van der Waals surface area contributed by atoms with Crippen LogP contribution in [0.2, 0.25) is 0 Å². The molecule has 0 aliphatic rings. The molecule has 3 rings (SSSR count). The SMILES string of the molecule is COc1cc(/C=N/n2c(-c3cccc(C)c3)n[nH]c2=S)cc(OC)c1OC(C)=O. The Bertz CT molecular complexity index is 1110. The molecule has 2 aromatic carbocycles. The van der Waals surface area contributed by atoms with Gasteiger partial charge in [0, 0.05) is 18.1 Å². The van der Waals surface area contributed by atoms with Crippen molar-refractivity contribution in [2.24, 2.45) is 5.10 Å². The molecule has 0 fully saturated rings. The van der Waals surface area contributed by atoms with Gasteiger partial charge in [-0.1, -0.05) is 23.8 Å². The second-order valence-corrected chi connectivity index (χ2v) is 6.51. The van der Waals surface area contributed by atoms with E-state index in [0.29, 0.717) is 27.7 Å². The third-order valence-corrected chi connectivity index (χ3v) is 4.24. The molecule has 29 heavy (non-hydrogen) atoms. The number of esters is 1. The molecule has 0 spiro atoms. The van der Waals surface area contributed by atoms with Gasteiger partial charge in [0.05, 0.1) is 20.4 Å². The maximum Gasteiger partial charge on any atom is 0.308 e. The fourth-order valence-electron chi connectivity index (χ4n) is 2.71. The second kappa shape index (κ2) is 8.70. The van der Waals surface area contributed by atoms with E-state index in [4.69, 9.17) is 26.4 Å². The maximum absolute atomic E-state index is 11.4. The summed E-state index contributed by atoms with van der Waals surface area (Å²) in [5.74, 6) is 1.01. The first kappa shape index (κ1) is 20.3. The van der Waals surface area contributed by atoms with Gasteiger partial charge in [-0.15, -0.1) is 0 Å². The molecule has 0 saturated heterocycles. The van der Waals surface area contributed by atoms with Crippen LogP contribution in [0.4, 0.5) is 0 Å². The zero-order valence-corrected chi connectivity index (χ0v) is 17.2. The molecule has 3 aromatic rings. The van der Waals surface area contributed by atoms with E-state index in [9.17, 15) is 4.79 Å². The maximum atomic E-state index is 11.4. The number of nitrogens with one attached hydrogen (secondary N) is 1. The van der Waals surface area contributed by atoms with Gasteiger partial charge < -0.3 is 14.2 Å². The van der Waals surface area contributed by atoms with Crippen LogP contribution in [0.1, 0.15) is 18.1 Å². The van der Waals surface area contributed by atoms with Gasteiger partial charge in [0.15, 0.2) is 17.3 Å². The van der Waals surface area contributed by atoms with Crippen molar-refractivity contribution in [3.8, 4) is 28.6 Å². The molecule has 0 amide bonds. The summed E-state index contributed by atoms with van der Waals surface area (Å²) in [6, 6.07) is 11.2. The lowest BCUT2D eigenvalue weighted by Gasteiger charge is -2.13. The number of aryl methyl sites for hydroxylation is 1. The normalized spacial score (nSPS) is 10.9. The van der Waals surface area contributed by atoms with Crippen molar-refractivity contribution < 1.29 is 19.0 Å². The number of ether oxygens (including phenoxy) is 3. The molecule has 1 aromatic heterocycles. The second-order valence-electron chi connectivity index (χ2n) is 6.13. The predicted molar refractivity (Wildman–Crippen MR) is 111 cm³/mol. The molecule has 1 heterocycles. The van der Waals surface area contributed by atoms with Gasteiger partial charge >= 0.3 is 5.97 Å². The zero-order chi connectivity index (χ0) is 21.0. The molecular formula is C20H20N4O4S. The molecule has 1 N–H and O–H groups in total. The Kier molecular flexibility index (Phi) is 6.08. The van der Waals surface area contributed by atoms with Gasteiger partial charge in [0.1, 0.15) is 0 Å². The Labute approximate surface area is 172 Å². The van der Waals surface area contributed by atoms with Crippen LogP contribution in [0.15, 0.2) is 41.5 Å². The minimum absolute atomic E-state index is 0.208. The third kappa shape index (κ3) is 4.52. The highest BCUT2D eigenvalue weighted by Gasteiger charge is 2.16. The molecule has 0 unspecified atom stereocenters. The number of carbonyl (C=O) groups excluding carboxylic acids is 1. The number of aromatic amines is 1. The molecule has 0 bridgehead atoms. The van der Waals surface area contributed by atoms with Crippen molar-refractivity contribution >= 4 is 24.4 Å². The molecule has 0 atom stereocenters. The minimum atomic E-state index is -0.476. The molecule has 8 nitrogen and oxygen atoms in total. The monoisotopic (exact) mass is 412 g/mol. The highest BCUT2D eigenvalue weighted by atomic mass is 32.1. The highest BCUT2D eigenvalue weighted by molar-refractivity contribution is 7.71. The first-order valence-electron chi connectivity index (χ1n) is 8.66. The summed E-state index contributed by atoms with van der Waals surface area (Å²) in [6.45, 7) is 3.31. The van der Waals surface area contributed by atoms with Crippen molar-refractivity contribution in [2.75, 3.05) is 14.2 Å². The van der Waals surface area contributed by atoms with Crippen LogP contribution in [0.3, 0.4) is 0 Å². The molecule has 150 valence electrons. The number of methoxy groups -OCH3 is 2. The van der Waals surface area contributed by atoms with Crippen molar-refractivity contribution in [3.05, 3.63) is 52.3 Å². The van der Waals surface area contributed by atoms with Crippen molar-refractivity contribution in [2.45, 2.75) is 13.8 Å². The number of carbonyl (C=O) groups is 1. The lowest BCUT2D eigenvalue weighted by molar-refractivity contribution is -0.132. The van der Waals surface area contributed by atoms with E-state index >= 15 is 0 Å². The molecule has 0 saturated carbocycles. The largest absolute Gasteiger partial charge is 0.493 e. The molecular weight excluding hydrogens is 392 g/mol. The standard InChI is InChI=1S/C20H20N4O4S/c1-12-6-5-7-15(8-12)19-22-23-20(29)24(19)21-11-14-9-16(26-3)18(28-13(2)25)17(10-14)27-4/h5-11H,1-4H3,(H,23,29)/b21-11+. The van der Waals surface area contributed by atoms with E-state index in [0.717, 1.165) is 11.1 Å². The van der Waals surface area contributed by atoms with Gasteiger partial charge in [0.25, 0.3) is 0 Å². The van der Waals surface area contributed by atoms with Crippen LogP contribution >= 0.6 is 12.2 Å². The topological polar surface area (TPSA) is 90.7 Å². The van der Waals surface area contributed by atoms with Crippen molar-refractivity contribution in [1.82, 2.24) is 14.9 Å². The summed E-state index contributed by atoms with van der Waals surface area (Å²) < 4.78 is 17.7. The van der Waals surface area contributed by atoms with Crippen LogP contribution in [-0.4, -0.2) is 41.3 Å². The molecule has 0 radical (unpaired) electrons. The van der Waals surface area contributed by atoms with E-state index in [1.807, 2.05) is 31.2 Å². The van der Waals surface area contributed by atoms with Crippen molar-refractivity contribution in [3.63, 3.8) is 0 Å². The van der Waals surface area contributed by atoms with Crippen LogP contribution in [0.25, 0.3) is 11.4 Å². The lowest BCUT2D eigenvalue weighted by Crippen LogP contribution is -2.05. The Morgan fingerprint density at radius 2 is 1.90 bits per heavy atom. The van der Waals surface area contributed by atoms with Gasteiger partial charge in [-0.3, -0.25) is 4.79 Å². The Morgan fingerprint density at radius 1 is 1.21 bits per heavy atom. The van der Waals surface area contributed by atoms with E-state index in [1.54, 1.807) is 18.3 Å². The first-order valence-corrected chi connectivity index (χ1v) is 9.07. The van der Waals surface area contributed by atoms with Gasteiger partial charge in [0.2, 0.25) is 10.5 Å². The van der Waals surface area contributed by atoms with Crippen LogP contribution in [0, 0.1) is 11.7 Å². The van der Waals surface area contributed by atoms with E-state index < -0.39 is 5.97 Å². The van der Waals surface area contributed by atoms with Crippen LogP contribution < -0.4 is 14.2 Å². The smallest absolute Gasteiger partial charge is 0.308 e. The summed E-state index contributed by atoms with van der Waals surface area (Å²) in [6.07, 6.45) is 1.59. The fourth-order valence-corrected chi connectivity index (χ4v) is 2.89. The summed E-state index contributed by atoms with van der Waals surface area (Å²) >= 11 is 5.31. The van der Waals surface area contributed by atoms with Gasteiger partial charge in [-0.2, -0.15) is 14.9 Å².